The molecule has 0 saturated heterocycles. The molecule has 0 bridgehead atoms. The zero-order valence-corrected chi connectivity index (χ0v) is 15.6. The Morgan fingerprint density at radius 1 is 0.767 bits per heavy atom. The van der Waals surface area contributed by atoms with Gasteiger partial charge >= 0.3 is 0 Å². The van der Waals surface area contributed by atoms with Crippen LogP contribution in [0.5, 0.6) is 0 Å². The highest BCUT2D eigenvalue weighted by Crippen LogP contribution is 2.29. The van der Waals surface area contributed by atoms with Crippen molar-refractivity contribution in [2.45, 2.75) is 0 Å². The van der Waals surface area contributed by atoms with Crippen LogP contribution in [0.15, 0.2) is 78.9 Å². The number of hydrogen-bond acceptors (Lipinski definition) is 5. The zero-order valence-electron chi connectivity index (χ0n) is 15.6. The third kappa shape index (κ3) is 3.42. The van der Waals surface area contributed by atoms with E-state index in [0.717, 1.165) is 16.5 Å². The fourth-order valence-corrected chi connectivity index (χ4v) is 3.23. The number of aromatic carboxylic acids is 1. The Morgan fingerprint density at radius 2 is 1.50 bits per heavy atom. The maximum atomic E-state index is 12.8. The van der Waals surface area contributed by atoms with Crippen LogP contribution in [-0.2, 0) is 0 Å². The average molecular weight is 396 g/mol. The van der Waals surface area contributed by atoms with Crippen molar-refractivity contribution >= 4 is 35.3 Å². The second-order valence-corrected chi connectivity index (χ2v) is 6.65. The molecule has 3 aromatic carbocycles. The molecule has 0 N–H and O–H groups in total. The molecule has 0 atom stereocenters. The molecule has 1 aliphatic heterocycles. The van der Waals surface area contributed by atoms with Crippen LogP contribution in [0.4, 0.5) is 5.69 Å². The van der Waals surface area contributed by atoms with Gasteiger partial charge in [0.15, 0.2) is 5.78 Å². The molecular weight excluding hydrogens is 382 g/mol. The van der Waals surface area contributed by atoms with Crippen LogP contribution in [0.3, 0.4) is 0 Å². The molecule has 146 valence electrons. The van der Waals surface area contributed by atoms with Gasteiger partial charge in [0.25, 0.3) is 11.8 Å². The summed E-state index contributed by atoms with van der Waals surface area (Å²) in [5.41, 5.74) is 1.31. The number of allylic oxidation sites excluding steroid dienone is 1. The minimum atomic E-state index is -1.44. The van der Waals surface area contributed by atoms with E-state index in [0.29, 0.717) is 5.56 Å². The summed E-state index contributed by atoms with van der Waals surface area (Å²) in [6.07, 6.45) is 3.10. The van der Waals surface area contributed by atoms with Gasteiger partial charge in [-0.25, -0.2) is 4.90 Å². The number of carboxylic acids is 1. The van der Waals surface area contributed by atoms with Crippen molar-refractivity contribution in [3.8, 4) is 0 Å². The predicted molar refractivity (Wildman–Crippen MR) is 108 cm³/mol. The molecule has 3 aromatic rings. The van der Waals surface area contributed by atoms with Crippen LogP contribution in [0.1, 0.15) is 47.0 Å². The number of hydrogen-bond donors (Lipinski definition) is 0. The molecular formula is C24H14NO5-. The Morgan fingerprint density at radius 3 is 2.23 bits per heavy atom. The highest BCUT2D eigenvalue weighted by atomic mass is 16.4. The zero-order chi connectivity index (χ0) is 21.3. The number of anilines is 1. The maximum absolute atomic E-state index is 12.8. The van der Waals surface area contributed by atoms with E-state index in [2.05, 4.69) is 0 Å². The molecule has 0 aliphatic carbocycles. The van der Waals surface area contributed by atoms with E-state index < -0.39 is 17.8 Å². The van der Waals surface area contributed by atoms with Crippen molar-refractivity contribution < 1.29 is 24.3 Å². The monoisotopic (exact) mass is 396 g/mol. The first-order chi connectivity index (χ1) is 14.5. The average Bonchev–Trinajstić information content (AvgIpc) is 3.02. The van der Waals surface area contributed by atoms with Gasteiger partial charge in [0.1, 0.15) is 0 Å². The van der Waals surface area contributed by atoms with Gasteiger partial charge < -0.3 is 9.90 Å². The van der Waals surface area contributed by atoms with Crippen molar-refractivity contribution in [3.05, 3.63) is 107 Å². The number of amides is 2. The van der Waals surface area contributed by atoms with E-state index in [1.165, 1.54) is 24.3 Å². The minimum absolute atomic E-state index is 0.0117. The van der Waals surface area contributed by atoms with Crippen LogP contribution in [0, 0.1) is 0 Å². The summed E-state index contributed by atoms with van der Waals surface area (Å²) in [6.45, 7) is 0. The van der Waals surface area contributed by atoms with Gasteiger partial charge in [-0.1, -0.05) is 54.6 Å². The third-order valence-electron chi connectivity index (χ3n) is 4.74. The Kier molecular flexibility index (Phi) is 4.82. The molecule has 2 amide bonds. The molecule has 0 fully saturated rings. The summed E-state index contributed by atoms with van der Waals surface area (Å²) < 4.78 is 0. The normalized spacial score (nSPS) is 13.0. The highest BCUT2D eigenvalue weighted by Gasteiger charge is 2.37. The van der Waals surface area contributed by atoms with E-state index in [4.69, 9.17) is 0 Å². The van der Waals surface area contributed by atoms with E-state index in [1.54, 1.807) is 24.3 Å². The van der Waals surface area contributed by atoms with Gasteiger partial charge in [0.05, 0.1) is 22.8 Å². The van der Waals surface area contributed by atoms with Gasteiger partial charge in [-0.15, -0.1) is 0 Å². The van der Waals surface area contributed by atoms with Crippen molar-refractivity contribution in [1.29, 1.82) is 0 Å². The molecule has 0 saturated carbocycles. The topological polar surface area (TPSA) is 94.6 Å². The molecule has 0 spiro atoms. The molecule has 6 nitrogen and oxygen atoms in total. The standard InChI is InChI=1S/C24H15NO5/c26-21(12-9-15-5-2-1-3-6-15)16-7-4-8-18(13-16)25-22(27)19-11-10-17(24(29)30)14-20(19)23(25)28/h1-14H,(H,29,30)/p-1/b12-9+. The molecule has 6 heteroatoms. The van der Waals surface area contributed by atoms with Crippen LogP contribution >= 0.6 is 0 Å². The van der Waals surface area contributed by atoms with Crippen LogP contribution < -0.4 is 10.0 Å². The number of fused-ring (bicyclic) bond motifs is 1. The number of imide groups is 1. The number of rotatable bonds is 5. The number of nitrogens with zero attached hydrogens (tertiary/aromatic N) is 1. The fourth-order valence-electron chi connectivity index (χ4n) is 3.23. The SMILES string of the molecule is O=C([O-])c1ccc2c(c1)C(=O)N(c1cccc(C(=O)/C=C/c3ccccc3)c1)C2=O. The van der Waals surface area contributed by atoms with Gasteiger partial charge in [0, 0.05) is 5.56 Å². The number of carbonyl (C=O) groups excluding carboxylic acids is 4. The van der Waals surface area contributed by atoms with Gasteiger partial charge in [-0.3, -0.25) is 14.4 Å². The minimum Gasteiger partial charge on any atom is -0.545 e. The molecule has 0 unspecified atom stereocenters. The number of carbonyl (C=O) groups is 4. The quantitative estimate of drug-likeness (QED) is 0.375. The summed E-state index contributed by atoms with van der Waals surface area (Å²) >= 11 is 0. The first-order valence-corrected chi connectivity index (χ1v) is 9.07. The van der Waals surface area contributed by atoms with E-state index >= 15 is 0 Å². The second-order valence-electron chi connectivity index (χ2n) is 6.65. The van der Waals surface area contributed by atoms with Gasteiger partial charge in [-0.05, 0) is 41.5 Å². The molecule has 0 radical (unpaired) electrons. The Bertz CT molecular complexity index is 1230. The van der Waals surface area contributed by atoms with Gasteiger partial charge in [-0.2, -0.15) is 0 Å². The summed E-state index contributed by atoms with van der Waals surface area (Å²) in [4.78, 5) is 50.0. The van der Waals surface area contributed by atoms with Crippen molar-refractivity contribution in [2.24, 2.45) is 0 Å². The molecule has 0 aromatic heterocycles. The predicted octanol–water partition coefficient (Wildman–Crippen LogP) is 2.75. The number of carboxylic acid groups (broad SMARTS) is 1. The number of benzene rings is 3. The van der Waals surface area contributed by atoms with Crippen LogP contribution in [0.25, 0.3) is 6.08 Å². The lowest BCUT2D eigenvalue weighted by molar-refractivity contribution is -0.255. The summed E-state index contributed by atoms with van der Waals surface area (Å²) in [6, 6.07) is 19.1. The second kappa shape index (κ2) is 7.60. The third-order valence-corrected chi connectivity index (χ3v) is 4.74. The Hall–Kier alpha value is -4.32. The fraction of sp³-hybridized carbons (Fsp3) is 0. The Labute approximate surface area is 171 Å². The van der Waals surface area contributed by atoms with Crippen molar-refractivity contribution in [2.75, 3.05) is 4.90 Å². The lowest BCUT2D eigenvalue weighted by atomic mass is 10.1. The van der Waals surface area contributed by atoms with Crippen molar-refractivity contribution in [3.63, 3.8) is 0 Å². The van der Waals surface area contributed by atoms with E-state index in [9.17, 15) is 24.3 Å². The van der Waals surface area contributed by atoms with Crippen molar-refractivity contribution in [1.82, 2.24) is 0 Å². The first-order valence-electron chi connectivity index (χ1n) is 9.07. The lowest BCUT2D eigenvalue weighted by Gasteiger charge is -2.14. The maximum Gasteiger partial charge on any atom is 0.266 e. The largest absolute Gasteiger partial charge is 0.545 e. The van der Waals surface area contributed by atoms with Crippen LogP contribution in [-0.4, -0.2) is 23.6 Å². The first kappa shape index (κ1) is 19.0. The molecule has 30 heavy (non-hydrogen) atoms. The summed E-state index contributed by atoms with van der Waals surface area (Å²) in [5, 5.41) is 11.1. The smallest absolute Gasteiger partial charge is 0.266 e. The summed E-state index contributed by atoms with van der Waals surface area (Å²) in [7, 11) is 0. The lowest BCUT2D eigenvalue weighted by Crippen LogP contribution is -2.29. The van der Waals surface area contributed by atoms with Gasteiger partial charge in [0.2, 0.25) is 0 Å². The highest BCUT2D eigenvalue weighted by molar-refractivity contribution is 6.34. The molecule has 1 aliphatic rings. The molecule has 1 heterocycles. The van der Waals surface area contributed by atoms with Crippen LogP contribution in [0.2, 0.25) is 0 Å². The van der Waals surface area contributed by atoms with E-state index in [1.807, 2.05) is 30.3 Å². The number of ketones is 1. The molecule has 4 rings (SSSR count). The Balaban J connectivity index is 1.63. The summed E-state index contributed by atoms with van der Waals surface area (Å²) in [5.74, 6) is -2.95. The van der Waals surface area contributed by atoms with E-state index in [-0.39, 0.29) is 28.2 Å².